The molecule has 0 saturated carbocycles. The van der Waals surface area contributed by atoms with Crippen molar-refractivity contribution in [1.29, 1.82) is 0 Å². The third kappa shape index (κ3) is 6.39. The number of guanidine groups is 1. The molecule has 0 amide bonds. The molecule has 0 aromatic heterocycles. The largest absolute Gasteiger partial charge is 0.497 e. The summed E-state index contributed by atoms with van der Waals surface area (Å²) in [5.74, 6) is 2.12. The molecule has 0 radical (unpaired) electrons. The number of anilines is 1. The minimum atomic E-state index is 0. The average Bonchev–Trinajstić information content (AvgIpc) is 2.49. The lowest BCUT2D eigenvalue weighted by molar-refractivity contribution is 0.197. The molecule has 0 bridgehead atoms. The summed E-state index contributed by atoms with van der Waals surface area (Å²) in [7, 11) is 1.65. The molecule has 6 heteroatoms. The summed E-state index contributed by atoms with van der Waals surface area (Å²) in [6.07, 6.45) is 2.59. The highest BCUT2D eigenvalue weighted by Crippen LogP contribution is 2.16. The molecule has 1 saturated heterocycles. The zero-order valence-corrected chi connectivity index (χ0v) is 15.7. The Bertz CT molecular complexity index is 473. The maximum atomic E-state index is 5.91. The molecule has 22 heavy (non-hydrogen) atoms. The topological polar surface area (TPSA) is 62.9 Å². The van der Waals surface area contributed by atoms with Crippen LogP contribution in [0.2, 0.25) is 0 Å². The molecule has 0 spiro atoms. The van der Waals surface area contributed by atoms with Crippen molar-refractivity contribution >= 4 is 35.6 Å². The number of aliphatic imine (C=N–C) groups is 1. The van der Waals surface area contributed by atoms with Crippen molar-refractivity contribution in [1.82, 2.24) is 4.90 Å². The van der Waals surface area contributed by atoms with E-state index in [1.54, 1.807) is 7.11 Å². The number of nitrogens with two attached hydrogens (primary N) is 1. The first kappa shape index (κ1) is 19.0. The fraction of sp³-hybridized carbons (Fsp3) is 0.562. The second kappa shape index (κ2) is 9.89. The Morgan fingerprint density at radius 1 is 1.41 bits per heavy atom. The number of nitrogens with one attached hydrogen (secondary N) is 1. The number of benzene rings is 1. The zero-order valence-electron chi connectivity index (χ0n) is 13.4. The van der Waals surface area contributed by atoms with E-state index in [1.807, 2.05) is 24.3 Å². The van der Waals surface area contributed by atoms with E-state index in [0.717, 1.165) is 30.4 Å². The van der Waals surface area contributed by atoms with Crippen molar-refractivity contribution in [2.24, 2.45) is 16.6 Å². The molecule has 1 aromatic carbocycles. The number of hydrogen-bond donors (Lipinski definition) is 2. The number of methoxy groups -OCH3 is 1. The van der Waals surface area contributed by atoms with Gasteiger partial charge in [-0.1, -0.05) is 13.0 Å². The Labute approximate surface area is 150 Å². The summed E-state index contributed by atoms with van der Waals surface area (Å²) in [5.41, 5.74) is 6.81. The van der Waals surface area contributed by atoms with Crippen LogP contribution in [-0.4, -0.2) is 44.1 Å². The molecular formula is C16H27IN4O. The van der Waals surface area contributed by atoms with E-state index in [-0.39, 0.29) is 24.0 Å². The smallest absolute Gasteiger partial charge is 0.193 e. The van der Waals surface area contributed by atoms with E-state index in [2.05, 4.69) is 22.1 Å². The molecule has 1 aromatic rings. The van der Waals surface area contributed by atoms with Gasteiger partial charge in [-0.2, -0.15) is 0 Å². The lowest BCUT2D eigenvalue weighted by Crippen LogP contribution is -2.35. The highest BCUT2D eigenvalue weighted by molar-refractivity contribution is 14.0. The van der Waals surface area contributed by atoms with Crippen LogP contribution in [0.1, 0.15) is 19.8 Å². The molecule has 5 nitrogen and oxygen atoms in total. The van der Waals surface area contributed by atoms with Crippen LogP contribution in [0.5, 0.6) is 5.75 Å². The average molecular weight is 418 g/mol. The van der Waals surface area contributed by atoms with Crippen LogP contribution >= 0.6 is 24.0 Å². The van der Waals surface area contributed by atoms with Gasteiger partial charge in [-0.25, -0.2) is 0 Å². The normalized spacial score (nSPS) is 16.9. The fourth-order valence-corrected chi connectivity index (χ4v) is 2.49. The molecule has 2 rings (SSSR count). The summed E-state index contributed by atoms with van der Waals surface area (Å²) in [5, 5.41) is 3.09. The number of likely N-dealkylation sites (tertiary alicyclic amines) is 1. The second-order valence-electron chi connectivity index (χ2n) is 5.65. The summed E-state index contributed by atoms with van der Waals surface area (Å²) in [6.45, 7) is 6.40. The van der Waals surface area contributed by atoms with Gasteiger partial charge in [-0.15, -0.1) is 24.0 Å². The molecular weight excluding hydrogens is 391 g/mol. The molecule has 0 aliphatic carbocycles. The highest BCUT2D eigenvalue weighted by Gasteiger charge is 2.14. The van der Waals surface area contributed by atoms with Crippen LogP contribution < -0.4 is 15.8 Å². The SMILES string of the molecule is COc1cccc(NC(N)=NCCN2CCC(C)CC2)c1.I. The number of hydrogen-bond acceptors (Lipinski definition) is 3. The molecule has 3 N–H and O–H groups in total. The van der Waals surface area contributed by atoms with Gasteiger partial charge in [0.05, 0.1) is 13.7 Å². The lowest BCUT2D eigenvalue weighted by atomic mass is 9.99. The standard InChI is InChI=1S/C16H26N4O.HI/c1-13-6-9-20(10-7-13)11-8-18-16(17)19-14-4-3-5-15(12-14)21-2;/h3-5,12-13H,6-11H2,1-2H3,(H3,17,18,19);1H. The molecule has 1 aliphatic rings. The molecule has 1 heterocycles. The van der Waals surface area contributed by atoms with Gasteiger partial charge in [0.1, 0.15) is 5.75 Å². The Kier molecular flexibility index (Phi) is 8.55. The van der Waals surface area contributed by atoms with Gasteiger partial charge in [0.15, 0.2) is 5.96 Å². The van der Waals surface area contributed by atoms with E-state index >= 15 is 0 Å². The maximum absolute atomic E-state index is 5.91. The molecule has 0 unspecified atom stereocenters. The molecule has 0 atom stereocenters. The first-order valence-corrected chi connectivity index (χ1v) is 7.60. The van der Waals surface area contributed by atoms with Crippen molar-refractivity contribution in [2.45, 2.75) is 19.8 Å². The number of rotatable bonds is 5. The minimum Gasteiger partial charge on any atom is -0.497 e. The Balaban J connectivity index is 0.00000242. The van der Waals surface area contributed by atoms with Crippen molar-refractivity contribution in [3.63, 3.8) is 0 Å². The number of ether oxygens (including phenoxy) is 1. The Morgan fingerprint density at radius 3 is 2.82 bits per heavy atom. The molecule has 1 fully saturated rings. The van der Waals surface area contributed by atoms with Gasteiger partial charge in [-0.3, -0.25) is 4.99 Å². The summed E-state index contributed by atoms with van der Waals surface area (Å²) in [4.78, 5) is 6.85. The Hall–Kier alpha value is -1.02. The van der Waals surface area contributed by atoms with Crippen molar-refractivity contribution < 1.29 is 4.74 Å². The van der Waals surface area contributed by atoms with Gasteiger partial charge >= 0.3 is 0 Å². The van der Waals surface area contributed by atoms with Crippen LogP contribution in [0.15, 0.2) is 29.3 Å². The van der Waals surface area contributed by atoms with E-state index in [4.69, 9.17) is 10.5 Å². The van der Waals surface area contributed by atoms with Gasteiger partial charge in [-0.05, 0) is 44.0 Å². The fourth-order valence-electron chi connectivity index (χ4n) is 2.49. The summed E-state index contributed by atoms with van der Waals surface area (Å²) in [6, 6.07) is 7.66. The van der Waals surface area contributed by atoms with Gasteiger partial charge in [0.25, 0.3) is 0 Å². The van der Waals surface area contributed by atoms with E-state index in [1.165, 1.54) is 25.9 Å². The monoisotopic (exact) mass is 418 g/mol. The summed E-state index contributed by atoms with van der Waals surface area (Å²) < 4.78 is 5.18. The lowest BCUT2D eigenvalue weighted by Gasteiger charge is -2.29. The zero-order chi connectivity index (χ0) is 15.1. The third-order valence-corrected chi connectivity index (χ3v) is 3.92. The van der Waals surface area contributed by atoms with Crippen LogP contribution in [0, 0.1) is 5.92 Å². The molecule has 124 valence electrons. The summed E-state index contributed by atoms with van der Waals surface area (Å²) >= 11 is 0. The minimum absolute atomic E-state index is 0. The quantitative estimate of drug-likeness (QED) is 0.439. The van der Waals surface area contributed by atoms with Gasteiger partial charge in [0, 0.05) is 18.3 Å². The van der Waals surface area contributed by atoms with E-state index < -0.39 is 0 Å². The van der Waals surface area contributed by atoms with Crippen LogP contribution in [0.25, 0.3) is 0 Å². The van der Waals surface area contributed by atoms with E-state index in [9.17, 15) is 0 Å². The van der Waals surface area contributed by atoms with Gasteiger partial charge in [0.2, 0.25) is 0 Å². The van der Waals surface area contributed by atoms with Gasteiger partial charge < -0.3 is 20.7 Å². The predicted molar refractivity (Wildman–Crippen MR) is 103 cm³/mol. The first-order valence-electron chi connectivity index (χ1n) is 7.60. The second-order valence-corrected chi connectivity index (χ2v) is 5.65. The third-order valence-electron chi connectivity index (χ3n) is 3.92. The predicted octanol–water partition coefficient (Wildman–Crippen LogP) is 2.77. The number of nitrogens with zero attached hydrogens (tertiary/aromatic N) is 2. The maximum Gasteiger partial charge on any atom is 0.193 e. The molecule has 1 aliphatic heterocycles. The van der Waals surface area contributed by atoms with Crippen molar-refractivity contribution in [3.05, 3.63) is 24.3 Å². The van der Waals surface area contributed by atoms with Crippen LogP contribution in [0.3, 0.4) is 0 Å². The number of halogens is 1. The van der Waals surface area contributed by atoms with Crippen molar-refractivity contribution in [3.8, 4) is 5.75 Å². The van der Waals surface area contributed by atoms with Crippen molar-refractivity contribution in [2.75, 3.05) is 38.6 Å². The Morgan fingerprint density at radius 2 is 2.14 bits per heavy atom. The first-order chi connectivity index (χ1) is 10.2. The highest BCUT2D eigenvalue weighted by atomic mass is 127. The van der Waals surface area contributed by atoms with Crippen LogP contribution in [0.4, 0.5) is 5.69 Å². The van der Waals surface area contributed by atoms with Crippen LogP contribution in [-0.2, 0) is 0 Å². The van der Waals surface area contributed by atoms with E-state index in [0.29, 0.717) is 5.96 Å². The number of piperidine rings is 1.